The van der Waals surface area contributed by atoms with E-state index in [1.54, 1.807) is 18.7 Å². The van der Waals surface area contributed by atoms with Crippen molar-refractivity contribution in [1.82, 2.24) is 14.5 Å². The minimum Gasteiger partial charge on any atom is -0.370 e. The molecule has 1 atom stereocenters. The number of guanidine groups is 1. The number of benzene rings is 1. The highest BCUT2D eigenvalue weighted by Crippen LogP contribution is 2.20. The van der Waals surface area contributed by atoms with Crippen molar-refractivity contribution in [1.29, 1.82) is 0 Å². The van der Waals surface area contributed by atoms with E-state index < -0.39 is 0 Å². The second-order valence-electron chi connectivity index (χ2n) is 6.25. The summed E-state index contributed by atoms with van der Waals surface area (Å²) in [5, 5.41) is 3.14. The van der Waals surface area contributed by atoms with Crippen molar-refractivity contribution in [3.8, 4) is 5.82 Å². The molecule has 26 heavy (non-hydrogen) atoms. The molecule has 1 unspecified atom stereocenters. The summed E-state index contributed by atoms with van der Waals surface area (Å²) in [6.45, 7) is 4.90. The van der Waals surface area contributed by atoms with Crippen LogP contribution in [0.2, 0.25) is 0 Å². The number of anilines is 1. The number of rotatable bonds is 6. The molecule has 2 aromatic heterocycles. The van der Waals surface area contributed by atoms with Crippen LogP contribution < -0.4 is 11.1 Å². The number of pyridine rings is 1. The molecular formula is C20H24N6. The number of hydrogen-bond donors (Lipinski definition) is 2. The Morgan fingerprint density at radius 3 is 2.73 bits per heavy atom. The van der Waals surface area contributed by atoms with Crippen molar-refractivity contribution in [2.24, 2.45) is 10.7 Å². The van der Waals surface area contributed by atoms with Crippen LogP contribution in [0.1, 0.15) is 37.3 Å². The van der Waals surface area contributed by atoms with Crippen LogP contribution in [0.5, 0.6) is 0 Å². The lowest BCUT2D eigenvalue weighted by atomic mass is 9.99. The zero-order valence-corrected chi connectivity index (χ0v) is 15.1. The summed E-state index contributed by atoms with van der Waals surface area (Å²) in [6, 6.07) is 12.2. The summed E-state index contributed by atoms with van der Waals surface area (Å²) in [4.78, 5) is 12.8. The maximum atomic E-state index is 6.02. The van der Waals surface area contributed by atoms with E-state index in [4.69, 9.17) is 5.73 Å². The first-order chi connectivity index (χ1) is 12.7. The van der Waals surface area contributed by atoms with E-state index in [1.807, 2.05) is 35.0 Å². The average Bonchev–Trinajstić information content (AvgIpc) is 3.21. The molecule has 2 heterocycles. The Kier molecular flexibility index (Phi) is 5.63. The highest BCUT2D eigenvalue weighted by atomic mass is 15.1. The van der Waals surface area contributed by atoms with Crippen LogP contribution in [0.15, 0.2) is 66.3 Å². The first kappa shape index (κ1) is 17.7. The lowest BCUT2D eigenvalue weighted by Crippen LogP contribution is -2.22. The topological polar surface area (TPSA) is 81.1 Å². The van der Waals surface area contributed by atoms with Crippen molar-refractivity contribution in [3.05, 3.63) is 72.4 Å². The van der Waals surface area contributed by atoms with E-state index in [0.717, 1.165) is 23.5 Å². The Morgan fingerprint density at radius 1 is 1.23 bits per heavy atom. The number of hydrogen-bond acceptors (Lipinski definition) is 3. The van der Waals surface area contributed by atoms with Crippen molar-refractivity contribution in [3.63, 3.8) is 0 Å². The van der Waals surface area contributed by atoms with E-state index in [0.29, 0.717) is 18.4 Å². The maximum Gasteiger partial charge on any atom is 0.193 e. The number of nitrogens with one attached hydrogen (secondary N) is 1. The van der Waals surface area contributed by atoms with E-state index >= 15 is 0 Å². The molecule has 134 valence electrons. The molecule has 0 fully saturated rings. The van der Waals surface area contributed by atoms with Gasteiger partial charge >= 0.3 is 0 Å². The van der Waals surface area contributed by atoms with Crippen molar-refractivity contribution >= 4 is 11.6 Å². The first-order valence-corrected chi connectivity index (χ1v) is 8.76. The lowest BCUT2D eigenvalue weighted by Gasteiger charge is -2.11. The Hall–Kier alpha value is -3.15. The minimum absolute atomic E-state index is 0.391. The summed E-state index contributed by atoms with van der Waals surface area (Å²) in [5.74, 6) is 1.76. The first-order valence-electron chi connectivity index (χ1n) is 8.76. The highest BCUT2D eigenvalue weighted by molar-refractivity contribution is 5.92. The van der Waals surface area contributed by atoms with E-state index in [9.17, 15) is 0 Å². The van der Waals surface area contributed by atoms with Crippen molar-refractivity contribution in [2.45, 2.75) is 32.7 Å². The molecule has 6 nitrogen and oxygen atoms in total. The lowest BCUT2D eigenvalue weighted by molar-refractivity contribution is 0.734. The van der Waals surface area contributed by atoms with Gasteiger partial charge in [-0.15, -0.1) is 0 Å². The molecule has 0 saturated carbocycles. The number of aliphatic imine (C=N–C) groups is 1. The molecule has 1 aromatic carbocycles. The molecule has 6 heteroatoms. The van der Waals surface area contributed by atoms with Gasteiger partial charge in [0.05, 0.1) is 6.54 Å². The molecule has 0 spiro atoms. The summed E-state index contributed by atoms with van der Waals surface area (Å²) in [6.07, 6.45) is 8.18. The van der Waals surface area contributed by atoms with Gasteiger partial charge < -0.3 is 11.1 Å². The SMILES string of the molecule is CCC(C)c1ccc(NC(N)=NCc2ccnc(-n3ccnc3)c2)cc1. The minimum atomic E-state index is 0.391. The van der Waals surface area contributed by atoms with Crippen LogP contribution in [-0.2, 0) is 6.54 Å². The third kappa shape index (κ3) is 4.47. The number of nitrogens with two attached hydrogens (primary N) is 1. The van der Waals surface area contributed by atoms with Gasteiger partial charge in [0, 0.05) is 24.3 Å². The van der Waals surface area contributed by atoms with Crippen LogP contribution >= 0.6 is 0 Å². The Bertz CT molecular complexity index is 852. The smallest absolute Gasteiger partial charge is 0.193 e. The van der Waals surface area contributed by atoms with E-state index in [2.05, 4.69) is 46.3 Å². The molecule has 3 aromatic rings. The Morgan fingerprint density at radius 2 is 2.04 bits per heavy atom. The van der Waals surface area contributed by atoms with Crippen LogP contribution in [0.3, 0.4) is 0 Å². The monoisotopic (exact) mass is 348 g/mol. The fourth-order valence-corrected chi connectivity index (χ4v) is 2.59. The Labute approximate surface area is 153 Å². The van der Waals surface area contributed by atoms with Gasteiger partial charge in [-0.1, -0.05) is 26.0 Å². The molecule has 0 aliphatic rings. The number of imidazole rings is 1. The summed E-state index contributed by atoms with van der Waals surface area (Å²) in [5.41, 5.74) is 9.31. The maximum absolute atomic E-state index is 6.02. The average molecular weight is 348 g/mol. The molecule has 0 bridgehead atoms. The van der Waals surface area contributed by atoms with Gasteiger partial charge in [0.2, 0.25) is 0 Å². The second kappa shape index (κ2) is 8.29. The van der Waals surface area contributed by atoms with Gasteiger partial charge in [0.1, 0.15) is 12.1 Å². The van der Waals surface area contributed by atoms with E-state index in [1.165, 1.54) is 5.56 Å². The van der Waals surface area contributed by atoms with Gasteiger partial charge in [-0.3, -0.25) is 4.57 Å². The molecule has 0 radical (unpaired) electrons. The predicted molar refractivity (Wildman–Crippen MR) is 105 cm³/mol. The third-order valence-corrected chi connectivity index (χ3v) is 4.38. The molecule has 0 saturated heterocycles. The van der Waals surface area contributed by atoms with Gasteiger partial charge in [0.25, 0.3) is 0 Å². The van der Waals surface area contributed by atoms with Crippen LogP contribution in [0.25, 0.3) is 5.82 Å². The molecular weight excluding hydrogens is 324 g/mol. The third-order valence-electron chi connectivity index (χ3n) is 4.38. The standard InChI is InChI=1S/C20H24N6/c1-3-15(2)17-4-6-18(7-5-17)25-20(21)24-13-16-8-9-23-19(12-16)26-11-10-22-14-26/h4-12,14-15H,3,13H2,1-2H3,(H3,21,24,25). The molecule has 3 N–H and O–H groups in total. The fraction of sp³-hybridized carbons (Fsp3) is 0.250. The summed E-state index contributed by atoms with van der Waals surface area (Å²) in [7, 11) is 0. The zero-order valence-electron chi connectivity index (χ0n) is 15.1. The van der Waals surface area contributed by atoms with E-state index in [-0.39, 0.29) is 0 Å². The zero-order chi connectivity index (χ0) is 18.4. The quantitative estimate of drug-likeness (QED) is 0.526. The summed E-state index contributed by atoms with van der Waals surface area (Å²) >= 11 is 0. The van der Waals surface area contributed by atoms with Crippen LogP contribution in [-0.4, -0.2) is 20.5 Å². The normalized spacial score (nSPS) is 12.8. The Balaban J connectivity index is 1.63. The van der Waals surface area contributed by atoms with Crippen LogP contribution in [0.4, 0.5) is 5.69 Å². The summed E-state index contributed by atoms with van der Waals surface area (Å²) < 4.78 is 1.85. The molecule has 0 aliphatic carbocycles. The highest BCUT2D eigenvalue weighted by Gasteiger charge is 2.03. The molecule has 3 rings (SSSR count). The van der Waals surface area contributed by atoms with Crippen molar-refractivity contribution < 1.29 is 0 Å². The fourth-order valence-electron chi connectivity index (χ4n) is 2.59. The predicted octanol–water partition coefficient (Wildman–Crippen LogP) is 3.71. The molecule has 0 aliphatic heterocycles. The number of aromatic nitrogens is 3. The van der Waals surface area contributed by atoms with Crippen LogP contribution in [0, 0.1) is 0 Å². The van der Waals surface area contributed by atoms with Gasteiger partial charge in [-0.05, 0) is 47.7 Å². The number of nitrogens with zero attached hydrogens (tertiary/aromatic N) is 4. The van der Waals surface area contributed by atoms with Gasteiger partial charge in [-0.2, -0.15) is 0 Å². The molecule has 0 amide bonds. The van der Waals surface area contributed by atoms with Gasteiger partial charge in [0.15, 0.2) is 5.96 Å². The van der Waals surface area contributed by atoms with Gasteiger partial charge in [-0.25, -0.2) is 15.0 Å². The second-order valence-corrected chi connectivity index (χ2v) is 6.25. The largest absolute Gasteiger partial charge is 0.370 e. The van der Waals surface area contributed by atoms with Crippen molar-refractivity contribution in [2.75, 3.05) is 5.32 Å².